The molecule has 3 nitrogen and oxygen atoms in total. The highest BCUT2D eigenvalue weighted by molar-refractivity contribution is 7.13. The highest BCUT2D eigenvalue weighted by Gasteiger charge is 2.19. The largest absolute Gasteiger partial charge is 0.464 e. The second-order valence-electron chi connectivity index (χ2n) is 3.12. The van der Waals surface area contributed by atoms with E-state index in [4.69, 9.17) is 23.2 Å². The molecular formula is C11H7Cl2NO2S. The molecule has 2 rings (SSSR count). The molecule has 0 radical (unpaired) electrons. The summed E-state index contributed by atoms with van der Waals surface area (Å²) in [6.45, 7) is 0. The topological polar surface area (TPSA) is 39.2 Å². The van der Waals surface area contributed by atoms with Gasteiger partial charge in [0.1, 0.15) is 0 Å². The predicted molar refractivity (Wildman–Crippen MR) is 68.9 cm³/mol. The molecule has 88 valence electrons. The number of hydrogen-bond acceptors (Lipinski definition) is 4. The van der Waals surface area contributed by atoms with E-state index < -0.39 is 5.97 Å². The maximum Gasteiger partial charge on any atom is 0.358 e. The van der Waals surface area contributed by atoms with Crippen LogP contribution >= 0.6 is 34.5 Å². The van der Waals surface area contributed by atoms with Gasteiger partial charge in [-0.25, -0.2) is 9.78 Å². The summed E-state index contributed by atoms with van der Waals surface area (Å²) in [5.74, 6) is -0.489. The predicted octanol–water partition coefficient (Wildman–Crippen LogP) is 3.90. The number of benzene rings is 1. The van der Waals surface area contributed by atoms with Crippen LogP contribution in [-0.4, -0.2) is 18.1 Å². The number of carbonyl (C=O) groups excluding carboxylic acids is 1. The van der Waals surface area contributed by atoms with Crippen molar-refractivity contribution in [2.24, 2.45) is 0 Å². The third kappa shape index (κ3) is 2.29. The monoisotopic (exact) mass is 287 g/mol. The lowest BCUT2D eigenvalue weighted by molar-refractivity contribution is 0.0596. The first kappa shape index (κ1) is 12.4. The second-order valence-corrected chi connectivity index (χ2v) is 4.76. The number of aromatic nitrogens is 1. The molecule has 0 aliphatic heterocycles. The normalized spacial score (nSPS) is 10.3. The van der Waals surface area contributed by atoms with Crippen molar-refractivity contribution in [3.8, 4) is 10.4 Å². The molecule has 1 heterocycles. The van der Waals surface area contributed by atoms with Gasteiger partial charge in [-0.3, -0.25) is 0 Å². The number of halogens is 2. The molecule has 1 aromatic carbocycles. The first-order valence-electron chi connectivity index (χ1n) is 4.61. The van der Waals surface area contributed by atoms with E-state index in [1.807, 2.05) is 0 Å². The van der Waals surface area contributed by atoms with Crippen LogP contribution in [0.3, 0.4) is 0 Å². The smallest absolute Gasteiger partial charge is 0.358 e. The van der Waals surface area contributed by atoms with Crippen LogP contribution in [0.4, 0.5) is 0 Å². The van der Waals surface area contributed by atoms with Crippen LogP contribution in [-0.2, 0) is 4.74 Å². The van der Waals surface area contributed by atoms with Crippen molar-refractivity contribution in [3.05, 3.63) is 39.4 Å². The minimum absolute atomic E-state index is 0.252. The van der Waals surface area contributed by atoms with Crippen LogP contribution in [0.5, 0.6) is 0 Å². The van der Waals surface area contributed by atoms with Gasteiger partial charge in [0.05, 0.1) is 27.5 Å². The molecule has 2 aromatic rings. The van der Waals surface area contributed by atoms with Gasteiger partial charge in [0.25, 0.3) is 0 Å². The van der Waals surface area contributed by atoms with Crippen molar-refractivity contribution in [1.29, 1.82) is 0 Å². The van der Waals surface area contributed by atoms with E-state index >= 15 is 0 Å². The Morgan fingerprint density at radius 2 is 2.18 bits per heavy atom. The lowest BCUT2D eigenvalue weighted by Gasteiger charge is -2.04. The van der Waals surface area contributed by atoms with Crippen LogP contribution in [0.15, 0.2) is 23.7 Å². The Balaban J connectivity index is 2.58. The number of rotatable bonds is 2. The Bertz CT molecular complexity index is 568. The first-order valence-corrected chi connectivity index (χ1v) is 6.25. The van der Waals surface area contributed by atoms with Crippen LogP contribution < -0.4 is 0 Å². The molecule has 1 aromatic heterocycles. The molecule has 0 spiro atoms. The zero-order chi connectivity index (χ0) is 12.4. The summed E-state index contributed by atoms with van der Waals surface area (Å²) in [7, 11) is 1.31. The summed E-state index contributed by atoms with van der Waals surface area (Å²) in [4.78, 5) is 16.1. The van der Waals surface area contributed by atoms with Crippen molar-refractivity contribution in [1.82, 2.24) is 4.98 Å². The van der Waals surface area contributed by atoms with Crippen LogP contribution in [0, 0.1) is 0 Å². The maximum atomic E-state index is 11.5. The molecule has 6 heteroatoms. The molecular weight excluding hydrogens is 281 g/mol. The summed E-state index contributed by atoms with van der Waals surface area (Å²) >= 11 is 13.3. The third-order valence-electron chi connectivity index (χ3n) is 2.14. The molecule has 0 bridgehead atoms. The number of thiazole rings is 1. The van der Waals surface area contributed by atoms with Gasteiger partial charge in [-0.15, -0.1) is 11.3 Å². The highest BCUT2D eigenvalue weighted by atomic mass is 35.5. The van der Waals surface area contributed by atoms with Crippen molar-refractivity contribution < 1.29 is 9.53 Å². The summed E-state index contributed by atoms with van der Waals surface area (Å²) in [5, 5.41) is 0.844. The zero-order valence-corrected chi connectivity index (χ0v) is 11.1. The van der Waals surface area contributed by atoms with Crippen LogP contribution in [0.25, 0.3) is 10.4 Å². The Morgan fingerprint density at radius 1 is 1.41 bits per heavy atom. The summed E-state index contributed by atoms with van der Waals surface area (Å²) in [6.07, 6.45) is 0. The lowest BCUT2D eigenvalue weighted by atomic mass is 10.1. The Morgan fingerprint density at radius 3 is 2.88 bits per heavy atom. The quantitative estimate of drug-likeness (QED) is 0.787. The van der Waals surface area contributed by atoms with Gasteiger partial charge in [-0.05, 0) is 6.07 Å². The van der Waals surface area contributed by atoms with E-state index in [1.165, 1.54) is 18.4 Å². The van der Waals surface area contributed by atoms with E-state index in [9.17, 15) is 4.79 Å². The molecule has 0 aliphatic rings. The van der Waals surface area contributed by atoms with Gasteiger partial charge in [-0.2, -0.15) is 0 Å². The van der Waals surface area contributed by atoms with Gasteiger partial charge in [0.15, 0.2) is 5.69 Å². The Kier molecular flexibility index (Phi) is 3.66. The van der Waals surface area contributed by atoms with Crippen molar-refractivity contribution in [2.45, 2.75) is 0 Å². The lowest BCUT2D eigenvalue weighted by Crippen LogP contribution is -2.03. The summed E-state index contributed by atoms with van der Waals surface area (Å²) in [5.41, 5.74) is 2.50. The number of methoxy groups -OCH3 is 1. The van der Waals surface area contributed by atoms with Gasteiger partial charge in [-0.1, -0.05) is 35.3 Å². The fraction of sp³-hybridized carbons (Fsp3) is 0.0909. The Hall–Kier alpha value is -1.10. The van der Waals surface area contributed by atoms with Gasteiger partial charge >= 0.3 is 5.97 Å². The number of nitrogens with zero attached hydrogens (tertiary/aromatic N) is 1. The zero-order valence-electron chi connectivity index (χ0n) is 8.74. The van der Waals surface area contributed by atoms with Crippen LogP contribution in [0.2, 0.25) is 10.0 Å². The van der Waals surface area contributed by atoms with Crippen molar-refractivity contribution in [3.63, 3.8) is 0 Å². The number of ether oxygens (including phenoxy) is 1. The summed E-state index contributed by atoms with van der Waals surface area (Å²) < 4.78 is 4.66. The van der Waals surface area contributed by atoms with E-state index in [0.717, 1.165) is 0 Å². The summed E-state index contributed by atoms with van der Waals surface area (Å²) in [6, 6.07) is 5.24. The average Bonchev–Trinajstić information content (AvgIpc) is 2.80. The van der Waals surface area contributed by atoms with E-state index in [2.05, 4.69) is 9.72 Å². The molecule has 0 unspecified atom stereocenters. The average molecular weight is 288 g/mol. The molecule has 0 amide bonds. The van der Waals surface area contributed by atoms with E-state index in [1.54, 1.807) is 23.7 Å². The fourth-order valence-electron chi connectivity index (χ4n) is 1.36. The van der Waals surface area contributed by atoms with Crippen molar-refractivity contribution in [2.75, 3.05) is 7.11 Å². The minimum atomic E-state index is -0.489. The second kappa shape index (κ2) is 5.04. The Labute approximate surface area is 112 Å². The van der Waals surface area contributed by atoms with Gasteiger partial charge < -0.3 is 4.74 Å². The molecule has 17 heavy (non-hydrogen) atoms. The van der Waals surface area contributed by atoms with Crippen LogP contribution in [0.1, 0.15) is 10.5 Å². The molecule has 0 atom stereocenters. The first-order chi connectivity index (χ1) is 8.15. The highest BCUT2D eigenvalue weighted by Crippen LogP contribution is 2.37. The SMILES string of the molecule is COC(=O)c1ncsc1-c1cccc(Cl)c1Cl. The van der Waals surface area contributed by atoms with Gasteiger partial charge in [0.2, 0.25) is 0 Å². The van der Waals surface area contributed by atoms with Gasteiger partial charge in [0, 0.05) is 5.56 Å². The number of carbonyl (C=O) groups is 1. The number of hydrogen-bond donors (Lipinski definition) is 0. The molecule has 0 saturated carbocycles. The van der Waals surface area contributed by atoms with E-state index in [0.29, 0.717) is 20.5 Å². The molecule has 0 N–H and O–H groups in total. The van der Waals surface area contributed by atoms with E-state index in [-0.39, 0.29) is 5.69 Å². The molecule has 0 aliphatic carbocycles. The minimum Gasteiger partial charge on any atom is -0.464 e. The standard InChI is InChI=1S/C11H7Cl2NO2S/c1-16-11(15)9-10(17-5-14-9)6-3-2-4-7(12)8(6)13/h2-5H,1H3. The number of esters is 1. The molecule has 0 fully saturated rings. The van der Waals surface area contributed by atoms with Crippen molar-refractivity contribution >= 4 is 40.5 Å². The fourth-order valence-corrected chi connectivity index (χ4v) is 2.62. The molecule has 0 saturated heterocycles. The third-order valence-corrected chi connectivity index (χ3v) is 3.82. The maximum absolute atomic E-state index is 11.5.